The first-order chi connectivity index (χ1) is 13.6. The number of hydrogen-bond donors (Lipinski definition) is 2. The summed E-state index contributed by atoms with van der Waals surface area (Å²) in [6.45, 7) is 0.180. The predicted octanol–water partition coefficient (Wildman–Crippen LogP) is 4.41. The van der Waals surface area contributed by atoms with Crippen molar-refractivity contribution in [1.82, 2.24) is 0 Å². The summed E-state index contributed by atoms with van der Waals surface area (Å²) < 4.78 is 10.3. The van der Waals surface area contributed by atoms with Crippen LogP contribution in [0.3, 0.4) is 0 Å². The van der Waals surface area contributed by atoms with E-state index in [0.29, 0.717) is 5.56 Å². The number of anilines is 1. The molecule has 0 aliphatic carbocycles. The van der Waals surface area contributed by atoms with Crippen LogP contribution in [0, 0.1) is 0 Å². The monoisotopic (exact) mass is 375 g/mol. The number of phenolic OH excluding ortho intramolecular Hbond substituents is 1. The highest BCUT2D eigenvalue weighted by Crippen LogP contribution is 2.33. The van der Waals surface area contributed by atoms with Gasteiger partial charge in [-0.2, -0.15) is 0 Å². The highest BCUT2D eigenvalue weighted by Gasteiger charge is 2.07. The van der Waals surface area contributed by atoms with E-state index in [2.05, 4.69) is 0 Å². The molecule has 0 saturated heterocycles. The van der Waals surface area contributed by atoms with Gasteiger partial charge >= 0.3 is 5.97 Å². The summed E-state index contributed by atoms with van der Waals surface area (Å²) in [7, 11) is 1.43. The van der Waals surface area contributed by atoms with Gasteiger partial charge in [0.25, 0.3) is 0 Å². The van der Waals surface area contributed by atoms with Gasteiger partial charge in [-0.25, -0.2) is 4.79 Å². The Labute approximate surface area is 163 Å². The second-order valence-electron chi connectivity index (χ2n) is 6.16. The summed E-state index contributed by atoms with van der Waals surface area (Å²) in [5, 5.41) is 9.74. The Bertz CT molecular complexity index is 979. The van der Waals surface area contributed by atoms with Crippen LogP contribution in [-0.2, 0) is 16.1 Å². The lowest BCUT2D eigenvalue weighted by Gasteiger charge is -2.07. The topological polar surface area (TPSA) is 81.8 Å². The zero-order chi connectivity index (χ0) is 19.9. The first kappa shape index (κ1) is 19.0. The maximum Gasteiger partial charge on any atom is 0.331 e. The third-order valence-electron chi connectivity index (χ3n) is 4.20. The first-order valence-electron chi connectivity index (χ1n) is 8.72. The van der Waals surface area contributed by atoms with Crippen LogP contribution in [0.4, 0.5) is 5.69 Å². The molecule has 0 radical (unpaired) electrons. The van der Waals surface area contributed by atoms with Gasteiger partial charge in [0.05, 0.1) is 12.8 Å². The van der Waals surface area contributed by atoms with E-state index in [1.807, 2.05) is 54.6 Å². The van der Waals surface area contributed by atoms with Crippen LogP contribution in [0.2, 0.25) is 0 Å². The zero-order valence-electron chi connectivity index (χ0n) is 15.5. The average molecular weight is 375 g/mol. The molecule has 0 amide bonds. The number of methoxy groups -OCH3 is 1. The second kappa shape index (κ2) is 8.77. The van der Waals surface area contributed by atoms with Crippen LogP contribution >= 0.6 is 0 Å². The minimum atomic E-state index is -0.474. The van der Waals surface area contributed by atoms with Crippen molar-refractivity contribution in [2.75, 3.05) is 12.8 Å². The second-order valence-corrected chi connectivity index (χ2v) is 6.16. The number of carbonyl (C=O) groups is 1. The summed E-state index contributed by atoms with van der Waals surface area (Å²) in [5.74, 6) is -0.356. The Morgan fingerprint density at radius 1 is 1.04 bits per heavy atom. The minimum absolute atomic E-state index is 0.124. The Hall–Kier alpha value is -3.73. The molecule has 0 aromatic heterocycles. The first-order valence-corrected chi connectivity index (χ1v) is 8.72. The van der Waals surface area contributed by atoms with Gasteiger partial charge in [0.1, 0.15) is 6.61 Å². The van der Waals surface area contributed by atoms with Crippen LogP contribution in [0.25, 0.3) is 17.2 Å². The van der Waals surface area contributed by atoms with Crippen molar-refractivity contribution in [3.05, 3.63) is 83.9 Å². The number of esters is 1. The van der Waals surface area contributed by atoms with Crippen LogP contribution in [0.5, 0.6) is 11.5 Å². The Kier molecular flexibility index (Phi) is 5.97. The maximum atomic E-state index is 12.0. The van der Waals surface area contributed by atoms with Gasteiger partial charge in [-0.05, 0) is 40.5 Å². The molecule has 3 aromatic rings. The summed E-state index contributed by atoms with van der Waals surface area (Å²) in [6.07, 6.45) is 2.86. The lowest BCUT2D eigenvalue weighted by atomic mass is 10.0. The van der Waals surface area contributed by atoms with Gasteiger partial charge in [0, 0.05) is 6.08 Å². The van der Waals surface area contributed by atoms with E-state index >= 15 is 0 Å². The molecule has 3 N–H and O–H groups in total. The number of benzene rings is 3. The highest BCUT2D eigenvalue weighted by molar-refractivity contribution is 5.87. The van der Waals surface area contributed by atoms with Crippen molar-refractivity contribution in [1.29, 1.82) is 0 Å². The normalized spacial score (nSPS) is 10.8. The van der Waals surface area contributed by atoms with Gasteiger partial charge in [0.15, 0.2) is 11.5 Å². The van der Waals surface area contributed by atoms with Crippen molar-refractivity contribution in [3.8, 4) is 22.6 Å². The van der Waals surface area contributed by atoms with Crippen LogP contribution in [0.1, 0.15) is 11.1 Å². The molecular weight excluding hydrogens is 354 g/mol. The number of aromatic hydroxyl groups is 1. The SMILES string of the molecule is COc1cc(C=CC(=O)OCc2ccc(-c3ccccc3)cc2)cc(N)c1O. The smallest absolute Gasteiger partial charge is 0.331 e. The fourth-order valence-electron chi connectivity index (χ4n) is 2.69. The van der Waals surface area contributed by atoms with E-state index in [1.165, 1.54) is 13.2 Å². The lowest BCUT2D eigenvalue weighted by molar-refractivity contribution is -0.138. The standard InChI is InChI=1S/C23H21NO4/c1-27-21-14-17(13-20(24)23(21)26)9-12-22(25)28-15-16-7-10-19(11-8-16)18-5-3-2-4-6-18/h2-14,26H,15,24H2,1H3. The predicted molar refractivity (Wildman–Crippen MR) is 110 cm³/mol. The molecule has 3 aromatic carbocycles. The minimum Gasteiger partial charge on any atom is -0.503 e. The molecule has 142 valence electrons. The van der Waals surface area contributed by atoms with E-state index in [-0.39, 0.29) is 23.8 Å². The lowest BCUT2D eigenvalue weighted by Crippen LogP contribution is -2.00. The van der Waals surface area contributed by atoms with Gasteiger partial charge in [-0.1, -0.05) is 54.6 Å². The molecule has 5 nitrogen and oxygen atoms in total. The van der Waals surface area contributed by atoms with Gasteiger partial charge in [0.2, 0.25) is 0 Å². The fourth-order valence-corrected chi connectivity index (χ4v) is 2.69. The molecular formula is C23H21NO4. The molecule has 0 spiro atoms. The van der Waals surface area contributed by atoms with E-state index in [0.717, 1.165) is 16.7 Å². The number of phenols is 1. The van der Waals surface area contributed by atoms with E-state index in [4.69, 9.17) is 15.2 Å². The Morgan fingerprint density at radius 3 is 2.39 bits per heavy atom. The van der Waals surface area contributed by atoms with Crippen molar-refractivity contribution in [2.24, 2.45) is 0 Å². The molecule has 0 fully saturated rings. The van der Waals surface area contributed by atoms with Crippen molar-refractivity contribution in [3.63, 3.8) is 0 Å². The van der Waals surface area contributed by atoms with Gasteiger partial charge < -0.3 is 20.3 Å². The van der Waals surface area contributed by atoms with Crippen LogP contribution in [0.15, 0.2) is 72.8 Å². The number of nitrogens with two attached hydrogens (primary N) is 1. The average Bonchev–Trinajstić information content (AvgIpc) is 2.74. The number of hydrogen-bond acceptors (Lipinski definition) is 5. The number of rotatable bonds is 6. The van der Waals surface area contributed by atoms with Crippen molar-refractivity contribution in [2.45, 2.75) is 6.61 Å². The van der Waals surface area contributed by atoms with E-state index < -0.39 is 5.97 Å². The number of ether oxygens (including phenoxy) is 2. The van der Waals surface area contributed by atoms with Crippen LogP contribution in [-0.4, -0.2) is 18.2 Å². The quantitative estimate of drug-likeness (QED) is 0.289. The highest BCUT2D eigenvalue weighted by atomic mass is 16.5. The molecule has 28 heavy (non-hydrogen) atoms. The maximum absolute atomic E-state index is 12.0. The van der Waals surface area contributed by atoms with Crippen molar-refractivity contribution < 1.29 is 19.4 Å². The van der Waals surface area contributed by atoms with Crippen LogP contribution < -0.4 is 10.5 Å². The van der Waals surface area contributed by atoms with Gasteiger partial charge in [-0.3, -0.25) is 0 Å². The largest absolute Gasteiger partial charge is 0.503 e. The molecule has 5 heteroatoms. The molecule has 0 aliphatic rings. The third-order valence-corrected chi connectivity index (χ3v) is 4.20. The molecule has 0 bridgehead atoms. The summed E-state index contributed by atoms with van der Waals surface area (Å²) in [5.41, 5.74) is 9.65. The zero-order valence-corrected chi connectivity index (χ0v) is 15.5. The number of nitrogen functional groups attached to an aromatic ring is 1. The summed E-state index contributed by atoms with van der Waals surface area (Å²) in [4.78, 5) is 12.0. The molecule has 0 saturated carbocycles. The van der Waals surface area contributed by atoms with E-state index in [9.17, 15) is 9.90 Å². The third kappa shape index (κ3) is 4.71. The Balaban J connectivity index is 1.58. The molecule has 0 aliphatic heterocycles. The van der Waals surface area contributed by atoms with Crippen molar-refractivity contribution >= 4 is 17.7 Å². The van der Waals surface area contributed by atoms with Gasteiger partial charge in [-0.15, -0.1) is 0 Å². The Morgan fingerprint density at radius 2 is 1.71 bits per heavy atom. The molecule has 0 unspecified atom stereocenters. The van der Waals surface area contributed by atoms with E-state index in [1.54, 1.807) is 18.2 Å². The number of carbonyl (C=O) groups excluding carboxylic acids is 1. The summed E-state index contributed by atoms with van der Waals surface area (Å²) in [6, 6.07) is 21.1. The summed E-state index contributed by atoms with van der Waals surface area (Å²) >= 11 is 0. The molecule has 0 atom stereocenters. The fraction of sp³-hybridized carbons (Fsp3) is 0.0870. The molecule has 3 rings (SSSR count). The molecule has 0 heterocycles.